The number of hydrogen-bond acceptors (Lipinski definition) is 3. The number of nitrogens with zero attached hydrogens (tertiary/aromatic N) is 1. The van der Waals surface area contributed by atoms with Crippen molar-refractivity contribution in [2.24, 2.45) is 0 Å². The quantitative estimate of drug-likeness (QED) is 0.504. The van der Waals surface area contributed by atoms with E-state index in [0.29, 0.717) is 0 Å². The molecule has 0 aliphatic carbocycles. The van der Waals surface area contributed by atoms with Crippen LogP contribution in [0.4, 0.5) is 5.69 Å². The molecule has 1 saturated heterocycles. The van der Waals surface area contributed by atoms with E-state index in [-0.39, 0.29) is 0 Å². The second kappa shape index (κ2) is 11.1. The summed E-state index contributed by atoms with van der Waals surface area (Å²) in [6.45, 7) is 9.58. The first-order chi connectivity index (χ1) is 12.5. The number of benzene rings is 2. The molecule has 1 aliphatic rings. The zero-order valence-corrected chi connectivity index (χ0v) is 16.0. The van der Waals surface area contributed by atoms with E-state index in [1.54, 1.807) is 4.90 Å². The molecule has 0 spiro atoms. The molecule has 2 aromatic rings. The Morgan fingerprint density at radius 1 is 1.15 bits per heavy atom. The normalized spacial score (nSPS) is 12.6. The van der Waals surface area contributed by atoms with Gasteiger partial charge in [0.25, 0.3) is 0 Å². The summed E-state index contributed by atoms with van der Waals surface area (Å²) in [6.07, 6.45) is 2.81. The zero-order chi connectivity index (χ0) is 19.5. The van der Waals surface area contributed by atoms with Crippen LogP contribution < -0.4 is 5.73 Å². The van der Waals surface area contributed by atoms with Crippen LogP contribution in [0.5, 0.6) is 0 Å². The smallest absolute Gasteiger partial charge is 0.210 e. The lowest BCUT2D eigenvalue weighted by atomic mass is 9.98. The highest BCUT2D eigenvalue weighted by Gasteiger charge is 2.10. The van der Waals surface area contributed by atoms with Gasteiger partial charge in [-0.15, -0.1) is 0 Å². The molecule has 26 heavy (non-hydrogen) atoms. The Balaban J connectivity index is 0.000000284. The number of aliphatic hydroxyl groups excluding tert-OH is 1. The second-order valence-corrected chi connectivity index (χ2v) is 6.37. The highest BCUT2D eigenvalue weighted by atomic mass is 16.2. The molecule has 2 aromatic carbocycles. The van der Waals surface area contributed by atoms with Crippen molar-refractivity contribution in [1.82, 2.24) is 4.90 Å². The van der Waals surface area contributed by atoms with E-state index in [1.165, 1.54) is 16.7 Å². The number of hydrogen-bond donors (Lipinski definition) is 2. The molecule has 1 amide bonds. The average Bonchev–Trinajstić information content (AvgIpc) is 3.08. The molecule has 140 valence electrons. The predicted octanol–water partition coefficient (Wildman–Crippen LogP) is 3.49. The molecular formula is C22H30N2O2. The number of rotatable bonds is 3. The third kappa shape index (κ3) is 6.73. The van der Waals surface area contributed by atoms with Gasteiger partial charge in [0.05, 0.1) is 0 Å². The molecule has 3 N–H and O–H groups in total. The fraction of sp³-hybridized carbons (Fsp3) is 0.318. The van der Waals surface area contributed by atoms with Crippen molar-refractivity contribution in [2.75, 3.05) is 25.9 Å². The summed E-state index contributed by atoms with van der Waals surface area (Å²) >= 11 is 0. The molecule has 1 aliphatic heterocycles. The number of carbonyl (C=O) groups is 1. The van der Waals surface area contributed by atoms with Crippen LogP contribution in [0.1, 0.15) is 28.7 Å². The predicted molar refractivity (Wildman–Crippen MR) is 109 cm³/mol. The van der Waals surface area contributed by atoms with E-state index in [0.717, 1.165) is 56.3 Å². The molecular weight excluding hydrogens is 324 g/mol. The second-order valence-electron chi connectivity index (χ2n) is 6.37. The van der Waals surface area contributed by atoms with Crippen LogP contribution >= 0.6 is 0 Å². The average molecular weight is 354 g/mol. The lowest BCUT2D eigenvalue weighted by Gasteiger charge is -2.09. The minimum atomic E-state index is 0.767. The summed E-state index contributed by atoms with van der Waals surface area (Å²) in [5.74, 6) is 0. The maximum atomic E-state index is 10.0. The minimum Gasteiger partial charge on any atom is -0.400 e. The van der Waals surface area contributed by atoms with Crippen LogP contribution in [0.3, 0.4) is 0 Å². The number of amides is 1. The van der Waals surface area contributed by atoms with Crippen molar-refractivity contribution >= 4 is 12.1 Å². The van der Waals surface area contributed by atoms with E-state index in [4.69, 9.17) is 10.8 Å². The summed E-state index contributed by atoms with van der Waals surface area (Å²) in [5.41, 5.74) is 13.1. The molecule has 0 atom stereocenters. The third-order valence-corrected chi connectivity index (χ3v) is 4.29. The number of aryl methyl sites for hydroxylation is 2. The van der Waals surface area contributed by atoms with Gasteiger partial charge in [0, 0.05) is 25.9 Å². The van der Waals surface area contributed by atoms with Crippen molar-refractivity contribution in [1.29, 1.82) is 0 Å². The van der Waals surface area contributed by atoms with E-state index in [9.17, 15) is 4.79 Å². The van der Waals surface area contributed by atoms with Crippen LogP contribution in [-0.4, -0.2) is 36.6 Å². The van der Waals surface area contributed by atoms with Crippen molar-refractivity contribution in [3.63, 3.8) is 0 Å². The van der Waals surface area contributed by atoms with Gasteiger partial charge >= 0.3 is 0 Å². The van der Waals surface area contributed by atoms with Gasteiger partial charge in [-0.05, 0) is 55.0 Å². The Hall–Kier alpha value is -2.59. The van der Waals surface area contributed by atoms with Gasteiger partial charge in [-0.25, -0.2) is 0 Å². The molecule has 3 rings (SSSR count). The van der Waals surface area contributed by atoms with E-state index in [1.807, 2.05) is 6.07 Å². The van der Waals surface area contributed by atoms with Gasteiger partial charge in [0.2, 0.25) is 6.41 Å². The topological polar surface area (TPSA) is 66.6 Å². The first kappa shape index (κ1) is 21.5. The van der Waals surface area contributed by atoms with Crippen molar-refractivity contribution in [2.45, 2.75) is 26.7 Å². The molecule has 0 aromatic heterocycles. The summed E-state index contributed by atoms with van der Waals surface area (Å²) in [4.78, 5) is 11.8. The zero-order valence-electron chi connectivity index (χ0n) is 16.0. The highest BCUT2D eigenvalue weighted by molar-refractivity contribution is 5.52. The minimum absolute atomic E-state index is 0.767. The number of nitrogens with two attached hydrogens (primary N) is 1. The SMILES string of the molecule is C=C1CCN(C=O)C1.CO.Cc1cc(C)c(Cc2ccccc2)cc1N. The Labute approximate surface area is 157 Å². The van der Waals surface area contributed by atoms with Gasteiger partial charge in [0.1, 0.15) is 0 Å². The number of carbonyl (C=O) groups excluding carboxylic acids is 1. The maximum Gasteiger partial charge on any atom is 0.210 e. The highest BCUT2D eigenvalue weighted by Crippen LogP contribution is 2.20. The van der Waals surface area contributed by atoms with Crippen molar-refractivity contribution in [3.05, 3.63) is 76.9 Å². The molecule has 4 nitrogen and oxygen atoms in total. The number of likely N-dealkylation sites (tertiary alicyclic amines) is 1. The number of anilines is 1. The van der Waals surface area contributed by atoms with Gasteiger partial charge in [-0.2, -0.15) is 0 Å². The van der Waals surface area contributed by atoms with Gasteiger partial charge in [-0.3, -0.25) is 4.79 Å². The van der Waals surface area contributed by atoms with Gasteiger partial charge in [0.15, 0.2) is 0 Å². The molecule has 1 fully saturated rings. The Kier molecular flexibility index (Phi) is 9.17. The lowest BCUT2D eigenvalue weighted by molar-refractivity contribution is -0.117. The first-order valence-corrected chi connectivity index (χ1v) is 8.70. The Morgan fingerprint density at radius 3 is 2.31 bits per heavy atom. The van der Waals surface area contributed by atoms with Gasteiger partial charge < -0.3 is 15.7 Å². The van der Waals surface area contributed by atoms with E-state index < -0.39 is 0 Å². The Morgan fingerprint density at radius 2 is 1.81 bits per heavy atom. The lowest BCUT2D eigenvalue weighted by Crippen LogP contribution is -2.15. The third-order valence-electron chi connectivity index (χ3n) is 4.29. The summed E-state index contributed by atoms with van der Waals surface area (Å²) in [5, 5.41) is 7.00. The summed E-state index contributed by atoms with van der Waals surface area (Å²) < 4.78 is 0. The van der Waals surface area contributed by atoms with E-state index >= 15 is 0 Å². The largest absolute Gasteiger partial charge is 0.400 e. The summed E-state index contributed by atoms with van der Waals surface area (Å²) in [6, 6.07) is 14.7. The molecule has 0 saturated carbocycles. The standard InChI is InChI=1S/C15H17N.C6H9NO.CH4O/c1-11-8-12(2)15(16)10-14(11)9-13-6-4-3-5-7-13;1-6-2-3-7(4-6)5-8;1-2/h3-8,10H,9,16H2,1-2H3;5H,1-4H2;2H,1H3. The number of nitrogen functional groups attached to an aromatic ring is 1. The maximum absolute atomic E-state index is 10.0. The van der Waals surface area contributed by atoms with Gasteiger partial charge in [-0.1, -0.05) is 48.6 Å². The van der Waals surface area contributed by atoms with Crippen LogP contribution in [0.15, 0.2) is 54.6 Å². The fourth-order valence-electron chi connectivity index (χ4n) is 2.76. The molecule has 1 heterocycles. The molecule has 4 heteroatoms. The molecule has 0 bridgehead atoms. The van der Waals surface area contributed by atoms with Crippen molar-refractivity contribution in [3.8, 4) is 0 Å². The monoisotopic (exact) mass is 354 g/mol. The van der Waals surface area contributed by atoms with Crippen LogP contribution in [0, 0.1) is 13.8 Å². The Bertz CT molecular complexity index is 712. The van der Waals surface area contributed by atoms with Crippen LogP contribution in [0.25, 0.3) is 0 Å². The van der Waals surface area contributed by atoms with Crippen molar-refractivity contribution < 1.29 is 9.90 Å². The first-order valence-electron chi connectivity index (χ1n) is 8.70. The summed E-state index contributed by atoms with van der Waals surface area (Å²) in [7, 11) is 1.00. The molecule has 0 unspecified atom stereocenters. The van der Waals surface area contributed by atoms with E-state index in [2.05, 4.69) is 56.8 Å². The number of aliphatic hydroxyl groups is 1. The van der Waals surface area contributed by atoms with Crippen LogP contribution in [0.2, 0.25) is 0 Å². The molecule has 0 radical (unpaired) electrons. The fourth-order valence-corrected chi connectivity index (χ4v) is 2.76. The van der Waals surface area contributed by atoms with Crippen LogP contribution in [-0.2, 0) is 11.2 Å².